The zero-order chi connectivity index (χ0) is 9.10. The van der Waals surface area contributed by atoms with Crippen molar-refractivity contribution in [2.75, 3.05) is 6.54 Å². The normalized spacial score (nSPS) is 22.5. The van der Waals surface area contributed by atoms with Gasteiger partial charge in [-0.3, -0.25) is 9.98 Å². The number of aliphatic imine (C=N–C) groups is 1. The molecule has 68 valence electrons. The molecular weight excluding hydrogens is 160 g/mol. The van der Waals surface area contributed by atoms with Gasteiger partial charge in [-0.1, -0.05) is 13.0 Å². The summed E-state index contributed by atoms with van der Waals surface area (Å²) in [4.78, 5) is 8.66. The van der Waals surface area contributed by atoms with Crippen LogP contribution in [0.15, 0.2) is 29.5 Å². The molecule has 0 spiro atoms. The maximum absolute atomic E-state index is 4.56. The molecule has 0 unspecified atom stereocenters. The van der Waals surface area contributed by atoms with Crippen molar-refractivity contribution in [1.29, 1.82) is 0 Å². The van der Waals surface area contributed by atoms with Gasteiger partial charge < -0.3 is 0 Å². The molecule has 0 bridgehead atoms. The lowest BCUT2D eigenvalue weighted by molar-refractivity contribution is 0.538. The SMILES string of the molecule is C[C@H]1CCC(c2cccnc2)=NC1. The molecule has 0 N–H and O–H groups in total. The number of hydrogen-bond acceptors (Lipinski definition) is 2. The van der Waals surface area contributed by atoms with E-state index in [0.29, 0.717) is 0 Å². The first-order chi connectivity index (χ1) is 6.36. The average molecular weight is 174 g/mol. The Morgan fingerprint density at radius 3 is 3.00 bits per heavy atom. The van der Waals surface area contributed by atoms with Gasteiger partial charge in [-0.25, -0.2) is 0 Å². The highest BCUT2D eigenvalue weighted by molar-refractivity contribution is 6.00. The van der Waals surface area contributed by atoms with Crippen molar-refractivity contribution in [3.05, 3.63) is 30.1 Å². The summed E-state index contributed by atoms with van der Waals surface area (Å²) in [6.45, 7) is 3.23. The molecule has 0 radical (unpaired) electrons. The Labute approximate surface area is 78.7 Å². The molecule has 1 aromatic heterocycles. The zero-order valence-corrected chi connectivity index (χ0v) is 7.90. The Morgan fingerprint density at radius 2 is 2.38 bits per heavy atom. The van der Waals surface area contributed by atoms with Gasteiger partial charge in [0, 0.05) is 30.2 Å². The lowest BCUT2D eigenvalue weighted by atomic mass is 9.97. The minimum absolute atomic E-state index is 0.750. The van der Waals surface area contributed by atoms with Gasteiger partial charge in [-0.15, -0.1) is 0 Å². The second-order valence-corrected chi connectivity index (χ2v) is 3.67. The number of nitrogens with zero attached hydrogens (tertiary/aromatic N) is 2. The predicted molar refractivity (Wildman–Crippen MR) is 54.0 cm³/mol. The van der Waals surface area contributed by atoms with E-state index in [1.54, 1.807) is 6.20 Å². The van der Waals surface area contributed by atoms with Crippen molar-refractivity contribution < 1.29 is 0 Å². The van der Waals surface area contributed by atoms with Crippen LogP contribution in [0.4, 0.5) is 0 Å². The van der Waals surface area contributed by atoms with E-state index in [2.05, 4.69) is 23.0 Å². The molecule has 2 heteroatoms. The van der Waals surface area contributed by atoms with E-state index < -0.39 is 0 Å². The van der Waals surface area contributed by atoms with Crippen LogP contribution in [-0.4, -0.2) is 17.2 Å². The first-order valence-corrected chi connectivity index (χ1v) is 4.80. The van der Waals surface area contributed by atoms with E-state index in [9.17, 15) is 0 Å². The Hall–Kier alpha value is -1.18. The molecule has 2 rings (SSSR count). The Balaban J connectivity index is 2.19. The number of pyridine rings is 1. The lowest BCUT2D eigenvalue weighted by Crippen LogP contribution is -2.14. The molecule has 1 aromatic rings. The Kier molecular flexibility index (Phi) is 2.39. The monoisotopic (exact) mass is 174 g/mol. The van der Waals surface area contributed by atoms with Crippen molar-refractivity contribution in [3.63, 3.8) is 0 Å². The Morgan fingerprint density at radius 1 is 1.46 bits per heavy atom. The van der Waals surface area contributed by atoms with Crippen LogP contribution in [0.5, 0.6) is 0 Å². The highest BCUT2D eigenvalue weighted by atomic mass is 14.8. The van der Waals surface area contributed by atoms with E-state index in [-0.39, 0.29) is 0 Å². The molecule has 1 aliphatic rings. The van der Waals surface area contributed by atoms with Crippen molar-refractivity contribution in [3.8, 4) is 0 Å². The second kappa shape index (κ2) is 3.69. The first-order valence-electron chi connectivity index (χ1n) is 4.80. The summed E-state index contributed by atoms with van der Waals surface area (Å²) in [5.41, 5.74) is 2.42. The topological polar surface area (TPSA) is 25.2 Å². The van der Waals surface area contributed by atoms with E-state index in [4.69, 9.17) is 0 Å². The second-order valence-electron chi connectivity index (χ2n) is 3.67. The Bertz CT molecular complexity index is 303. The highest BCUT2D eigenvalue weighted by Crippen LogP contribution is 2.16. The molecule has 13 heavy (non-hydrogen) atoms. The molecule has 2 heterocycles. The summed E-state index contributed by atoms with van der Waals surface area (Å²) in [5.74, 6) is 0.750. The molecule has 0 aliphatic carbocycles. The minimum Gasteiger partial charge on any atom is -0.289 e. The van der Waals surface area contributed by atoms with Crippen LogP contribution in [0.2, 0.25) is 0 Å². The fraction of sp³-hybridized carbons (Fsp3) is 0.455. The van der Waals surface area contributed by atoms with E-state index in [1.807, 2.05) is 12.3 Å². The highest BCUT2D eigenvalue weighted by Gasteiger charge is 2.12. The lowest BCUT2D eigenvalue weighted by Gasteiger charge is -2.16. The third kappa shape index (κ3) is 1.94. The molecule has 1 atom stereocenters. The molecule has 0 saturated carbocycles. The van der Waals surface area contributed by atoms with Gasteiger partial charge in [0.15, 0.2) is 0 Å². The summed E-state index contributed by atoms with van der Waals surface area (Å²) >= 11 is 0. The van der Waals surface area contributed by atoms with Crippen LogP contribution in [0.25, 0.3) is 0 Å². The van der Waals surface area contributed by atoms with Crippen molar-refractivity contribution >= 4 is 5.71 Å². The molecule has 1 aliphatic heterocycles. The van der Waals surface area contributed by atoms with Gasteiger partial charge in [0.1, 0.15) is 0 Å². The van der Waals surface area contributed by atoms with Crippen LogP contribution in [-0.2, 0) is 0 Å². The zero-order valence-electron chi connectivity index (χ0n) is 7.90. The quantitative estimate of drug-likeness (QED) is 0.641. The molecule has 0 saturated heterocycles. The van der Waals surface area contributed by atoms with Crippen LogP contribution in [0.3, 0.4) is 0 Å². The number of hydrogen-bond donors (Lipinski definition) is 0. The van der Waals surface area contributed by atoms with Crippen LogP contribution in [0.1, 0.15) is 25.3 Å². The van der Waals surface area contributed by atoms with Gasteiger partial charge in [-0.2, -0.15) is 0 Å². The van der Waals surface area contributed by atoms with Crippen LogP contribution in [0, 0.1) is 5.92 Å². The molecule has 2 nitrogen and oxygen atoms in total. The maximum atomic E-state index is 4.56. The smallest absolute Gasteiger partial charge is 0.0436 e. The van der Waals surface area contributed by atoms with Crippen molar-refractivity contribution in [2.45, 2.75) is 19.8 Å². The van der Waals surface area contributed by atoms with Gasteiger partial charge in [0.05, 0.1) is 0 Å². The van der Waals surface area contributed by atoms with Gasteiger partial charge >= 0.3 is 0 Å². The number of rotatable bonds is 1. The third-order valence-corrected chi connectivity index (χ3v) is 2.46. The summed E-state index contributed by atoms with van der Waals surface area (Å²) < 4.78 is 0. The predicted octanol–water partition coefficient (Wildman–Crippen LogP) is 2.30. The summed E-state index contributed by atoms with van der Waals surface area (Å²) in [6.07, 6.45) is 6.06. The van der Waals surface area contributed by atoms with Gasteiger partial charge in [0.25, 0.3) is 0 Å². The van der Waals surface area contributed by atoms with Crippen molar-refractivity contribution in [1.82, 2.24) is 4.98 Å². The average Bonchev–Trinajstić information content (AvgIpc) is 2.20. The molecule has 0 fully saturated rings. The minimum atomic E-state index is 0.750. The van der Waals surface area contributed by atoms with Gasteiger partial charge in [-0.05, 0) is 24.8 Å². The fourth-order valence-electron chi connectivity index (χ4n) is 1.59. The number of aromatic nitrogens is 1. The van der Waals surface area contributed by atoms with Crippen LogP contribution >= 0.6 is 0 Å². The van der Waals surface area contributed by atoms with Crippen molar-refractivity contribution in [2.24, 2.45) is 10.9 Å². The van der Waals surface area contributed by atoms with Crippen LogP contribution < -0.4 is 0 Å². The maximum Gasteiger partial charge on any atom is 0.0436 e. The summed E-state index contributed by atoms with van der Waals surface area (Å²) in [7, 11) is 0. The fourth-order valence-corrected chi connectivity index (χ4v) is 1.59. The third-order valence-electron chi connectivity index (χ3n) is 2.46. The van der Waals surface area contributed by atoms with E-state index in [0.717, 1.165) is 18.9 Å². The van der Waals surface area contributed by atoms with Gasteiger partial charge in [0.2, 0.25) is 0 Å². The van der Waals surface area contributed by atoms with E-state index in [1.165, 1.54) is 17.7 Å². The molecule has 0 amide bonds. The first kappa shape index (κ1) is 8.42. The van der Waals surface area contributed by atoms with E-state index >= 15 is 0 Å². The molecular formula is C11H14N2. The molecule has 0 aromatic carbocycles. The summed E-state index contributed by atoms with van der Waals surface area (Å²) in [6, 6.07) is 4.05. The largest absolute Gasteiger partial charge is 0.289 e. The summed E-state index contributed by atoms with van der Waals surface area (Å²) in [5, 5.41) is 0. The standard InChI is InChI=1S/C11H14N2/c1-9-4-5-11(13-7-9)10-3-2-6-12-8-10/h2-3,6,8-9H,4-5,7H2,1H3/t9-/m0/s1.